The zero-order chi connectivity index (χ0) is 25.1. The Morgan fingerprint density at radius 3 is 2.47 bits per heavy atom. The molecule has 34 heavy (non-hydrogen) atoms. The van der Waals surface area contributed by atoms with E-state index in [1.165, 1.54) is 17.8 Å². The average Bonchev–Trinajstić information content (AvgIpc) is 2.72. The molecule has 1 saturated heterocycles. The molecule has 2 aromatic carbocycles. The van der Waals surface area contributed by atoms with Gasteiger partial charge in [0, 0.05) is 33.9 Å². The highest BCUT2D eigenvalue weighted by Gasteiger charge is 2.30. The molecule has 1 N–H and O–H groups in total. The van der Waals surface area contributed by atoms with Crippen molar-refractivity contribution in [1.82, 2.24) is 9.62 Å². The van der Waals surface area contributed by atoms with Crippen molar-refractivity contribution in [1.29, 1.82) is 5.26 Å². The number of piperidine rings is 1. The molecule has 0 saturated carbocycles. The average molecular weight is 522 g/mol. The molecule has 0 spiro atoms. The molecular weight excluding hydrogens is 494 g/mol. The third kappa shape index (κ3) is 7.12. The van der Waals surface area contributed by atoms with Crippen molar-refractivity contribution in [2.75, 3.05) is 13.1 Å². The maximum Gasteiger partial charge on any atom is 0.410 e. The van der Waals surface area contributed by atoms with E-state index in [0.717, 1.165) is 10.5 Å². The topological polar surface area (TPSA) is 99.5 Å². The second-order valence-electron chi connectivity index (χ2n) is 9.20. The molecule has 0 radical (unpaired) electrons. The SMILES string of the molecule is Cc1cc(Cl)cc(Sc2ccc(C#N)cc2S(=O)(=O)NC2CCN(C(=O)OC(C)(C)C)CC2)c1. The minimum absolute atomic E-state index is 0.0451. The van der Waals surface area contributed by atoms with Crippen LogP contribution in [0.3, 0.4) is 0 Å². The van der Waals surface area contributed by atoms with E-state index in [1.54, 1.807) is 43.9 Å². The van der Waals surface area contributed by atoms with E-state index < -0.39 is 21.7 Å². The van der Waals surface area contributed by atoms with Gasteiger partial charge in [-0.2, -0.15) is 5.26 Å². The van der Waals surface area contributed by atoms with Gasteiger partial charge in [-0.1, -0.05) is 23.4 Å². The Bertz CT molecular complexity index is 1190. The van der Waals surface area contributed by atoms with Crippen LogP contribution in [0.15, 0.2) is 51.1 Å². The molecule has 7 nitrogen and oxygen atoms in total. The summed E-state index contributed by atoms with van der Waals surface area (Å²) in [5.41, 5.74) is 0.631. The van der Waals surface area contributed by atoms with E-state index in [2.05, 4.69) is 4.72 Å². The Kier molecular flexibility index (Phi) is 8.19. The van der Waals surface area contributed by atoms with Gasteiger partial charge in [-0.3, -0.25) is 0 Å². The first-order valence-corrected chi connectivity index (χ1v) is 13.5. The van der Waals surface area contributed by atoms with Gasteiger partial charge in [-0.15, -0.1) is 0 Å². The fraction of sp³-hybridized carbons (Fsp3) is 0.417. The van der Waals surface area contributed by atoms with Crippen LogP contribution in [-0.4, -0.2) is 44.1 Å². The van der Waals surface area contributed by atoms with Crippen molar-refractivity contribution in [3.8, 4) is 6.07 Å². The van der Waals surface area contributed by atoms with E-state index >= 15 is 0 Å². The molecule has 182 valence electrons. The molecule has 1 amide bonds. The zero-order valence-corrected chi connectivity index (χ0v) is 22.0. The van der Waals surface area contributed by atoms with Gasteiger partial charge in [-0.05, 0) is 82.5 Å². The number of nitriles is 1. The number of carbonyl (C=O) groups excluding carboxylic acids is 1. The highest BCUT2D eigenvalue weighted by atomic mass is 35.5. The standard InChI is InChI=1S/C24H28ClN3O4S2/c1-16-11-18(25)14-20(12-16)33-21-6-5-17(15-26)13-22(21)34(30,31)27-19-7-9-28(10-8-19)23(29)32-24(2,3)4/h5-6,11-14,19,27H,7-10H2,1-4H3. The van der Waals surface area contributed by atoms with Crippen LogP contribution in [0.4, 0.5) is 4.79 Å². The van der Waals surface area contributed by atoms with Crippen molar-refractivity contribution >= 4 is 39.5 Å². The second-order valence-corrected chi connectivity index (χ2v) is 12.4. The summed E-state index contributed by atoms with van der Waals surface area (Å²) in [6.45, 7) is 8.12. The smallest absolute Gasteiger partial charge is 0.410 e. The number of halogens is 1. The Hall–Kier alpha value is -2.25. The van der Waals surface area contributed by atoms with Crippen molar-refractivity contribution in [3.05, 3.63) is 52.5 Å². The number of carbonyl (C=O) groups is 1. The van der Waals surface area contributed by atoms with Gasteiger partial charge < -0.3 is 9.64 Å². The largest absolute Gasteiger partial charge is 0.444 e. The molecule has 1 aliphatic rings. The second kappa shape index (κ2) is 10.6. The number of hydrogen-bond acceptors (Lipinski definition) is 6. The van der Waals surface area contributed by atoms with Crippen LogP contribution in [0.25, 0.3) is 0 Å². The van der Waals surface area contributed by atoms with Gasteiger partial charge in [0.15, 0.2) is 0 Å². The predicted octanol–water partition coefficient (Wildman–Crippen LogP) is 5.35. The molecule has 2 aromatic rings. The number of aryl methyl sites for hydroxylation is 1. The Morgan fingerprint density at radius 2 is 1.88 bits per heavy atom. The number of nitrogens with one attached hydrogen (secondary N) is 1. The van der Waals surface area contributed by atoms with Gasteiger partial charge in [-0.25, -0.2) is 17.9 Å². The zero-order valence-electron chi connectivity index (χ0n) is 19.6. The van der Waals surface area contributed by atoms with Gasteiger partial charge in [0.1, 0.15) is 5.60 Å². The number of sulfonamides is 1. The van der Waals surface area contributed by atoms with Gasteiger partial charge in [0.05, 0.1) is 16.5 Å². The van der Waals surface area contributed by atoms with E-state index in [1.807, 2.05) is 25.1 Å². The minimum Gasteiger partial charge on any atom is -0.444 e. The summed E-state index contributed by atoms with van der Waals surface area (Å²) in [6, 6.07) is 11.8. The number of rotatable bonds is 5. The number of amides is 1. The summed E-state index contributed by atoms with van der Waals surface area (Å²) in [6.07, 6.45) is 0.532. The molecular formula is C24H28ClN3O4S2. The summed E-state index contributed by atoms with van der Waals surface area (Å²) in [5.74, 6) is 0. The molecule has 0 atom stereocenters. The molecule has 1 aliphatic heterocycles. The summed E-state index contributed by atoms with van der Waals surface area (Å²) >= 11 is 7.45. The molecule has 3 rings (SSSR count). The lowest BCUT2D eigenvalue weighted by atomic mass is 10.1. The van der Waals surface area contributed by atoms with E-state index in [9.17, 15) is 18.5 Å². The first-order valence-electron chi connectivity index (χ1n) is 10.9. The lowest BCUT2D eigenvalue weighted by Gasteiger charge is -2.33. The van der Waals surface area contributed by atoms with Crippen molar-refractivity contribution in [2.24, 2.45) is 0 Å². The van der Waals surface area contributed by atoms with E-state index in [4.69, 9.17) is 16.3 Å². The maximum absolute atomic E-state index is 13.4. The number of nitrogens with zero attached hydrogens (tertiary/aromatic N) is 2. The third-order valence-electron chi connectivity index (χ3n) is 5.07. The summed E-state index contributed by atoms with van der Waals surface area (Å²) in [4.78, 5) is 15.2. The van der Waals surface area contributed by atoms with Crippen LogP contribution in [-0.2, 0) is 14.8 Å². The van der Waals surface area contributed by atoms with Gasteiger partial charge >= 0.3 is 6.09 Å². The number of benzene rings is 2. The first kappa shape index (κ1) is 26.4. The van der Waals surface area contributed by atoms with Crippen molar-refractivity contribution in [2.45, 2.75) is 66.9 Å². The highest BCUT2D eigenvalue weighted by Crippen LogP contribution is 2.35. The van der Waals surface area contributed by atoms with Crippen LogP contribution >= 0.6 is 23.4 Å². The number of ether oxygens (including phenoxy) is 1. The quantitative estimate of drug-likeness (QED) is 0.569. The van der Waals surface area contributed by atoms with Crippen LogP contribution in [0.1, 0.15) is 44.7 Å². The summed E-state index contributed by atoms with van der Waals surface area (Å²) in [7, 11) is -3.92. The lowest BCUT2D eigenvalue weighted by Crippen LogP contribution is -2.47. The molecule has 0 aliphatic carbocycles. The summed E-state index contributed by atoms with van der Waals surface area (Å²) < 4.78 is 34.9. The Labute approximate surface area is 210 Å². The summed E-state index contributed by atoms with van der Waals surface area (Å²) in [5, 5.41) is 9.89. The molecule has 0 unspecified atom stereocenters. The van der Waals surface area contributed by atoms with Crippen LogP contribution in [0.2, 0.25) is 5.02 Å². The monoisotopic (exact) mass is 521 g/mol. The van der Waals surface area contributed by atoms with Crippen LogP contribution < -0.4 is 4.72 Å². The van der Waals surface area contributed by atoms with Crippen molar-refractivity contribution in [3.63, 3.8) is 0 Å². The molecule has 10 heteroatoms. The maximum atomic E-state index is 13.4. The van der Waals surface area contributed by atoms with E-state index in [-0.39, 0.29) is 16.5 Å². The minimum atomic E-state index is -3.92. The van der Waals surface area contributed by atoms with Crippen LogP contribution in [0, 0.1) is 18.3 Å². The first-order chi connectivity index (χ1) is 15.9. The molecule has 0 bridgehead atoms. The van der Waals surface area contributed by atoms with Gasteiger partial charge in [0.2, 0.25) is 10.0 Å². The Morgan fingerprint density at radius 1 is 1.21 bits per heavy atom. The van der Waals surface area contributed by atoms with Crippen molar-refractivity contribution < 1.29 is 17.9 Å². The highest BCUT2D eigenvalue weighted by molar-refractivity contribution is 8.00. The third-order valence-corrected chi connectivity index (χ3v) is 8.03. The normalized spacial score (nSPS) is 15.1. The fourth-order valence-electron chi connectivity index (χ4n) is 3.55. The van der Waals surface area contributed by atoms with Gasteiger partial charge in [0.25, 0.3) is 0 Å². The lowest BCUT2D eigenvalue weighted by molar-refractivity contribution is 0.0203. The predicted molar refractivity (Wildman–Crippen MR) is 133 cm³/mol. The molecule has 1 fully saturated rings. The van der Waals surface area contributed by atoms with Crippen LogP contribution in [0.5, 0.6) is 0 Å². The van der Waals surface area contributed by atoms with E-state index in [0.29, 0.717) is 35.8 Å². The number of likely N-dealkylation sites (tertiary alicyclic amines) is 1. The molecule has 0 aromatic heterocycles. The molecule has 1 heterocycles. The Balaban J connectivity index is 1.77. The fourth-order valence-corrected chi connectivity index (χ4v) is 6.76. The number of hydrogen-bond donors (Lipinski definition) is 1.